The van der Waals surface area contributed by atoms with Gasteiger partial charge < -0.3 is 10.4 Å². The maximum absolute atomic E-state index is 11.7. The summed E-state index contributed by atoms with van der Waals surface area (Å²) in [6.07, 6.45) is 8.04. The van der Waals surface area contributed by atoms with Crippen molar-refractivity contribution in [2.75, 3.05) is 12.3 Å². The molecule has 5 heteroatoms. The lowest BCUT2D eigenvalue weighted by molar-refractivity contribution is -0.137. The number of nitrogens with one attached hydrogen (secondary N) is 1. The van der Waals surface area contributed by atoms with Crippen LogP contribution in [0.3, 0.4) is 0 Å². The Hall–Kier alpha value is -0.970. The fourth-order valence-electron chi connectivity index (χ4n) is 2.26. The lowest BCUT2D eigenvalue weighted by Crippen LogP contribution is -2.30. The van der Waals surface area contributed by atoms with Crippen LogP contribution in [0.5, 0.6) is 0 Å². The van der Waals surface area contributed by atoms with Crippen molar-refractivity contribution >= 4 is 23.6 Å². The summed E-state index contributed by atoms with van der Waals surface area (Å²) in [5.41, 5.74) is 1.44. The third-order valence-corrected chi connectivity index (χ3v) is 4.93. The SMILES string of the molecule is CC(C)C(SCC(=O)NCCC1=CCCCC1)C(=O)O. The van der Waals surface area contributed by atoms with Gasteiger partial charge in [-0.15, -0.1) is 11.8 Å². The van der Waals surface area contributed by atoms with Crippen LogP contribution in [0.4, 0.5) is 0 Å². The Bertz CT molecular complexity index is 366. The number of aliphatic carboxylic acids is 1. The first kappa shape index (κ1) is 17.1. The Kier molecular flexibility index (Phi) is 7.73. The van der Waals surface area contributed by atoms with Crippen molar-refractivity contribution in [3.63, 3.8) is 0 Å². The van der Waals surface area contributed by atoms with Crippen LogP contribution in [-0.4, -0.2) is 34.5 Å². The predicted octanol–water partition coefficient (Wildman–Crippen LogP) is 2.84. The van der Waals surface area contributed by atoms with Gasteiger partial charge in [0.25, 0.3) is 0 Å². The Morgan fingerprint density at radius 1 is 1.40 bits per heavy atom. The summed E-state index contributed by atoms with van der Waals surface area (Å²) in [6, 6.07) is 0. The molecule has 2 N–H and O–H groups in total. The number of allylic oxidation sites excluding steroid dienone is 1. The van der Waals surface area contributed by atoms with Gasteiger partial charge in [-0.1, -0.05) is 25.5 Å². The first-order valence-corrected chi connectivity index (χ1v) is 8.34. The topological polar surface area (TPSA) is 66.4 Å². The zero-order valence-electron chi connectivity index (χ0n) is 12.4. The molecule has 0 heterocycles. The van der Waals surface area contributed by atoms with E-state index in [1.807, 2.05) is 13.8 Å². The maximum Gasteiger partial charge on any atom is 0.316 e. The zero-order chi connectivity index (χ0) is 15.0. The van der Waals surface area contributed by atoms with E-state index in [9.17, 15) is 9.59 Å². The van der Waals surface area contributed by atoms with Gasteiger partial charge in [-0.05, 0) is 38.0 Å². The highest BCUT2D eigenvalue weighted by Crippen LogP contribution is 2.20. The fraction of sp³-hybridized carbons (Fsp3) is 0.733. The van der Waals surface area contributed by atoms with Crippen LogP contribution >= 0.6 is 11.8 Å². The molecule has 1 amide bonds. The summed E-state index contributed by atoms with van der Waals surface area (Å²) in [4.78, 5) is 22.7. The first-order chi connectivity index (χ1) is 9.50. The fourth-order valence-corrected chi connectivity index (χ4v) is 3.22. The molecule has 0 aromatic rings. The van der Waals surface area contributed by atoms with Crippen molar-refractivity contribution in [1.82, 2.24) is 5.32 Å². The van der Waals surface area contributed by atoms with Crippen molar-refractivity contribution in [3.8, 4) is 0 Å². The highest BCUT2D eigenvalue weighted by Gasteiger charge is 2.22. The number of carbonyl (C=O) groups is 2. The number of rotatable bonds is 8. The third-order valence-electron chi connectivity index (χ3n) is 3.40. The molecule has 0 saturated heterocycles. The summed E-state index contributed by atoms with van der Waals surface area (Å²) < 4.78 is 0. The molecule has 0 radical (unpaired) electrons. The van der Waals surface area contributed by atoms with E-state index in [1.54, 1.807) is 0 Å². The number of carboxylic acids is 1. The molecule has 4 nitrogen and oxygen atoms in total. The molecule has 0 aliphatic heterocycles. The quantitative estimate of drug-likeness (QED) is 0.676. The van der Waals surface area contributed by atoms with Gasteiger partial charge in [0.05, 0.1) is 5.75 Å². The molecule has 0 fully saturated rings. The van der Waals surface area contributed by atoms with E-state index in [0.717, 1.165) is 19.3 Å². The highest BCUT2D eigenvalue weighted by atomic mass is 32.2. The molecule has 1 aliphatic carbocycles. The molecule has 0 bridgehead atoms. The van der Waals surface area contributed by atoms with Crippen LogP contribution < -0.4 is 5.32 Å². The Morgan fingerprint density at radius 2 is 2.15 bits per heavy atom. The van der Waals surface area contributed by atoms with E-state index in [1.165, 1.54) is 30.2 Å². The van der Waals surface area contributed by atoms with Crippen LogP contribution in [0.2, 0.25) is 0 Å². The number of amides is 1. The summed E-state index contributed by atoms with van der Waals surface area (Å²) in [7, 11) is 0. The highest BCUT2D eigenvalue weighted by molar-refractivity contribution is 8.01. The Balaban J connectivity index is 2.19. The standard InChI is InChI=1S/C15H25NO3S/c1-11(2)14(15(18)19)20-10-13(17)16-9-8-12-6-4-3-5-7-12/h6,11,14H,3-5,7-10H2,1-2H3,(H,16,17)(H,18,19). The van der Waals surface area contributed by atoms with Gasteiger partial charge in [0.2, 0.25) is 5.91 Å². The van der Waals surface area contributed by atoms with E-state index < -0.39 is 11.2 Å². The van der Waals surface area contributed by atoms with Crippen LogP contribution in [0, 0.1) is 5.92 Å². The van der Waals surface area contributed by atoms with Gasteiger partial charge >= 0.3 is 5.97 Å². The van der Waals surface area contributed by atoms with E-state index in [-0.39, 0.29) is 17.6 Å². The summed E-state index contributed by atoms with van der Waals surface area (Å²) >= 11 is 1.21. The number of carboxylic acid groups (broad SMARTS) is 1. The van der Waals surface area contributed by atoms with E-state index >= 15 is 0 Å². The lowest BCUT2D eigenvalue weighted by Gasteiger charge is -2.16. The minimum absolute atomic E-state index is 0.0256. The minimum Gasteiger partial charge on any atom is -0.480 e. The van der Waals surface area contributed by atoms with E-state index in [2.05, 4.69) is 11.4 Å². The Morgan fingerprint density at radius 3 is 2.70 bits per heavy atom. The predicted molar refractivity (Wildman–Crippen MR) is 82.9 cm³/mol. The average Bonchev–Trinajstić information content (AvgIpc) is 2.39. The monoisotopic (exact) mass is 299 g/mol. The maximum atomic E-state index is 11.7. The van der Waals surface area contributed by atoms with Crippen LogP contribution in [0.1, 0.15) is 46.0 Å². The lowest BCUT2D eigenvalue weighted by atomic mass is 9.97. The minimum atomic E-state index is -0.842. The van der Waals surface area contributed by atoms with Gasteiger partial charge in [0, 0.05) is 6.54 Å². The second kappa shape index (κ2) is 9.06. The van der Waals surface area contributed by atoms with Crippen LogP contribution in [0.15, 0.2) is 11.6 Å². The molecule has 20 heavy (non-hydrogen) atoms. The summed E-state index contributed by atoms with van der Waals surface area (Å²) in [5.74, 6) is -0.671. The molecular formula is C15H25NO3S. The molecule has 0 spiro atoms. The molecule has 1 aliphatic rings. The van der Waals surface area contributed by atoms with E-state index in [0.29, 0.717) is 6.54 Å². The number of thioether (sulfide) groups is 1. The van der Waals surface area contributed by atoms with Gasteiger partial charge in [0.15, 0.2) is 0 Å². The molecule has 0 saturated carbocycles. The number of hydrogen-bond donors (Lipinski definition) is 2. The molecule has 1 rings (SSSR count). The van der Waals surface area contributed by atoms with Crippen molar-refractivity contribution < 1.29 is 14.7 Å². The normalized spacial score (nSPS) is 16.6. The smallest absolute Gasteiger partial charge is 0.316 e. The zero-order valence-corrected chi connectivity index (χ0v) is 13.2. The van der Waals surface area contributed by atoms with Gasteiger partial charge in [-0.2, -0.15) is 0 Å². The van der Waals surface area contributed by atoms with Gasteiger partial charge in [0.1, 0.15) is 5.25 Å². The molecule has 1 unspecified atom stereocenters. The molecule has 114 valence electrons. The second-order valence-corrected chi connectivity index (χ2v) is 6.65. The molecule has 0 aromatic carbocycles. The first-order valence-electron chi connectivity index (χ1n) is 7.29. The van der Waals surface area contributed by atoms with Crippen molar-refractivity contribution in [3.05, 3.63) is 11.6 Å². The van der Waals surface area contributed by atoms with Crippen molar-refractivity contribution in [1.29, 1.82) is 0 Å². The number of hydrogen-bond acceptors (Lipinski definition) is 3. The number of carbonyl (C=O) groups excluding carboxylic acids is 1. The second-order valence-electron chi connectivity index (χ2n) is 5.52. The molecule has 0 aromatic heterocycles. The van der Waals surface area contributed by atoms with Crippen LogP contribution in [0.25, 0.3) is 0 Å². The van der Waals surface area contributed by atoms with Gasteiger partial charge in [-0.25, -0.2) is 0 Å². The summed E-state index contributed by atoms with van der Waals surface area (Å²) in [6.45, 7) is 4.38. The summed E-state index contributed by atoms with van der Waals surface area (Å²) in [5, 5.41) is 11.4. The average molecular weight is 299 g/mol. The van der Waals surface area contributed by atoms with E-state index in [4.69, 9.17) is 5.11 Å². The largest absolute Gasteiger partial charge is 0.480 e. The molecular weight excluding hydrogens is 274 g/mol. The third kappa shape index (κ3) is 6.46. The van der Waals surface area contributed by atoms with Crippen molar-refractivity contribution in [2.24, 2.45) is 5.92 Å². The Labute approximate surface area is 125 Å². The van der Waals surface area contributed by atoms with Crippen molar-refractivity contribution in [2.45, 2.75) is 51.2 Å². The molecule has 1 atom stereocenters. The van der Waals surface area contributed by atoms with Crippen LogP contribution in [-0.2, 0) is 9.59 Å². The van der Waals surface area contributed by atoms with Gasteiger partial charge in [-0.3, -0.25) is 9.59 Å².